The summed E-state index contributed by atoms with van der Waals surface area (Å²) in [4.78, 5) is 5.99. The van der Waals surface area contributed by atoms with Crippen molar-refractivity contribution in [2.75, 3.05) is 0 Å². The number of ether oxygens (including phenoxy) is 1. The second kappa shape index (κ2) is 9.73. The maximum Gasteiger partial charge on any atom is 0.230 e. The molecule has 0 saturated heterocycles. The number of benzene rings is 1. The van der Waals surface area contributed by atoms with E-state index in [0.29, 0.717) is 23.9 Å². The fraction of sp³-hybridized carbons (Fsp3) is 0.708. The van der Waals surface area contributed by atoms with Crippen LogP contribution in [0.5, 0.6) is 0 Å². The van der Waals surface area contributed by atoms with E-state index in [0.717, 1.165) is 30.9 Å². The van der Waals surface area contributed by atoms with E-state index in [4.69, 9.17) is 9.57 Å². The molecule has 27 heavy (non-hydrogen) atoms. The highest BCUT2D eigenvalue weighted by Crippen LogP contribution is 2.38. The predicted molar refractivity (Wildman–Crippen MR) is 112 cm³/mol. The highest BCUT2D eigenvalue weighted by atomic mass is 16.8. The standard InChI is InChI=1S/C24H37NO2/c1-5-6-10-20-16-22(19-11-8-7-9-12-19)25-27-24(20)26-23-15-18(4)13-14-21(23)17(2)3/h7-9,11-12,17-18,20-21,23-24H,5-6,10,13-16H2,1-4H3/t18-,20-,21+,23-,24-/m1/s1. The van der Waals surface area contributed by atoms with Gasteiger partial charge in [0.2, 0.25) is 6.29 Å². The number of hydrogen-bond acceptors (Lipinski definition) is 3. The molecular formula is C24H37NO2. The van der Waals surface area contributed by atoms with Gasteiger partial charge in [0.15, 0.2) is 0 Å². The summed E-state index contributed by atoms with van der Waals surface area (Å²) in [6.45, 7) is 9.27. The van der Waals surface area contributed by atoms with Crippen molar-refractivity contribution in [3.8, 4) is 0 Å². The van der Waals surface area contributed by atoms with E-state index in [1.54, 1.807) is 0 Å². The summed E-state index contributed by atoms with van der Waals surface area (Å²) in [5, 5.41) is 4.49. The average molecular weight is 372 g/mol. The first kappa shape index (κ1) is 20.4. The van der Waals surface area contributed by atoms with Crippen LogP contribution in [0.3, 0.4) is 0 Å². The molecule has 0 spiro atoms. The number of rotatable bonds is 7. The van der Waals surface area contributed by atoms with Gasteiger partial charge in [-0.15, -0.1) is 0 Å². The molecule has 3 rings (SSSR count). The third kappa shape index (κ3) is 5.34. The first-order chi connectivity index (χ1) is 13.1. The smallest absolute Gasteiger partial charge is 0.230 e. The molecule has 1 aromatic rings. The number of oxime groups is 1. The van der Waals surface area contributed by atoms with Crippen LogP contribution in [0.15, 0.2) is 35.5 Å². The Balaban J connectivity index is 1.73. The highest BCUT2D eigenvalue weighted by molar-refractivity contribution is 6.00. The summed E-state index contributed by atoms with van der Waals surface area (Å²) in [5.74, 6) is 2.42. The lowest BCUT2D eigenvalue weighted by molar-refractivity contribution is -0.224. The van der Waals surface area contributed by atoms with Gasteiger partial charge in [0, 0.05) is 12.3 Å². The summed E-state index contributed by atoms with van der Waals surface area (Å²) < 4.78 is 6.64. The molecule has 0 bridgehead atoms. The van der Waals surface area contributed by atoms with E-state index in [9.17, 15) is 0 Å². The van der Waals surface area contributed by atoms with Crippen LogP contribution < -0.4 is 0 Å². The third-order valence-corrected chi connectivity index (χ3v) is 6.41. The van der Waals surface area contributed by atoms with Gasteiger partial charge in [-0.3, -0.25) is 0 Å². The molecule has 1 aliphatic heterocycles. The van der Waals surface area contributed by atoms with E-state index in [2.05, 4.69) is 57.1 Å². The summed E-state index contributed by atoms with van der Waals surface area (Å²) >= 11 is 0. The van der Waals surface area contributed by atoms with Crippen molar-refractivity contribution in [2.24, 2.45) is 28.8 Å². The lowest BCUT2D eigenvalue weighted by Gasteiger charge is -2.40. The first-order valence-electron chi connectivity index (χ1n) is 11.0. The molecule has 3 nitrogen and oxygen atoms in total. The van der Waals surface area contributed by atoms with Gasteiger partial charge in [0.05, 0.1) is 11.8 Å². The Morgan fingerprint density at radius 1 is 1.19 bits per heavy atom. The van der Waals surface area contributed by atoms with Crippen LogP contribution in [0.25, 0.3) is 0 Å². The Morgan fingerprint density at radius 3 is 2.67 bits per heavy atom. The van der Waals surface area contributed by atoms with Crippen LogP contribution >= 0.6 is 0 Å². The van der Waals surface area contributed by atoms with E-state index in [1.807, 2.05) is 6.07 Å². The van der Waals surface area contributed by atoms with E-state index in [1.165, 1.54) is 31.2 Å². The third-order valence-electron chi connectivity index (χ3n) is 6.41. The van der Waals surface area contributed by atoms with E-state index < -0.39 is 0 Å². The second-order valence-electron chi connectivity index (χ2n) is 8.98. The van der Waals surface area contributed by atoms with Gasteiger partial charge in [-0.25, -0.2) is 0 Å². The van der Waals surface area contributed by atoms with Crippen molar-refractivity contribution >= 4 is 5.71 Å². The maximum absolute atomic E-state index is 6.64. The topological polar surface area (TPSA) is 30.8 Å². The van der Waals surface area contributed by atoms with Crippen LogP contribution in [-0.4, -0.2) is 18.1 Å². The summed E-state index contributed by atoms with van der Waals surface area (Å²) in [7, 11) is 0. The SMILES string of the molecule is CCCC[C@@H]1CC(c2ccccc2)=NO[C@H]1O[C@@H]1C[C@H](C)CC[C@H]1C(C)C. The molecule has 0 N–H and O–H groups in total. The van der Waals surface area contributed by atoms with Gasteiger partial charge < -0.3 is 9.57 Å². The van der Waals surface area contributed by atoms with Gasteiger partial charge in [0.1, 0.15) is 0 Å². The van der Waals surface area contributed by atoms with Gasteiger partial charge in [0.25, 0.3) is 0 Å². The van der Waals surface area contributed by atoms with Crippen molar-refractivity contribution in [2.45, 2.75) is 85.0 Å². The Bertz CT molecular complexity index is 598. The Labute approximate surface area is 165 Å². The highest BCUT2D eigenvalue weighted by Gasteiger charge is 2.37. The molecule has 0 amide bonds. The lowest BCUT2D eigenvalue weighted by Crippen LogP contribution is -2.41. The normalized spacial score (nSPS) is 31.4. The molecule has 1 aliphatic carbocycles. The lowest BCUT2D eigenvalue weighted by atomic mass is 9.75. The van der Waals surface area contributed by atoms with Crippen molar-refractivity contribution < 1.29 is 9.57 Å². The molecule has 150 valence electrons. The van der Waals surface area contributed by atoms with Crippen LogP contribution in [0.2, 0.25) is 0 Å². The van der Waals surface area contributed by atoms with Crippen LogP contribution in [0.1, 0.15) is 78.2 Å². The predicted octanol–water partition coefficient (Wildman–Crippen LogP) is 6.42. The Morgan fingerprint density at radius 2 is 1.96 bits per heavy atom. The zero-order valence-corrected chi connectivity index (χ0v) is 17.6. The van der Waals surface area contributed by atoms with Crippen LogP contribution in [0.4, 0.5) is 0 Å². The minimum Gasteiger partial charge on any atom is -0.363 e. The van der Waals surface area contributed by atoms with Crippen molar-refractivity contribution in [1.82, 2.24) is 0 Å². The summed E-state index contributed by atoms with van der Waals surface area (Å²) in [6, 6.07) is 10.4. The quantitative estimate of drug-likeness (QED) is 0.553. The molecular weight excluding hydrogens is 334 g/mol. The van der Waals surface area contributed by atoms with Crippen molar-refractivity contribution in [3.05, 3.63) is 35.9 Å². The van der Waals surface area contributed by atoms with Crippen LogP contribution in [-0.2, 0) is 9.57 Å². The number of nitrogens with zero attached hydrogens (tertiary/aromatic N) is 1. The summed E-state index contributed by atoms with van der Waals surface area (Å²) in [6.07, 6.45) is 8.36. The van der Waals surface area contributed by atoms with Crippen molar-refractivity contribution in [3.63, 3.8) is 0 Å². The molecule has 1 heterocycles. The zero-order chi connectivity index (χ0) is 19.2. The molecule has 0 aromatic heterocycles. The monoisotopic (exact) mass is 371 g/mol. The Kier molecular flexibility index (Phi) is 7.34. The first-order valence-corrected chi connectivity index (χ1v) is 11.0. The van der Waals surface area contributed by atoms with Gasteiger partial charge in [-0.1, -0.05) is 82.4 Å². The number of hydrogen-bond donors (Lipinski definition) is 0. The molecule has 5 atom stereocenters. The van der Waals surface area contributed by atoms with Crippen LogP contribution in [0, 0.1) is 23.7 Å². The minimum absolute atomic E-state index is 0.194. The zero-order valence-electron chi connectivity index (χ0n) is 17.6. The molecule has 0 unspecified atom stereocenters. The molecule has 1 saturated carbocycles. The average Bonchev–Trinajstić information content (AvgIpc) is 2.67. The molecule has 3 heteroatoms. The fourth-order valence-electron chi connectivity index (χ4n) is 4.67. The van der Waals surface area contributed by atoms with Gasteiger partial charge in [-0.2, -0.15) is 0 Å². The van der Waals surface area contributed by atoms with Gasteiger partial charge >= 0.3 is 0 Å². The minimum atomic E-state index is -0.194. The largest absolute Gasteiger partial charge is 0.363 e. The molecule has 1 aromatic carbocycles. The van der Waals surface area contributed by atoms with E-state index >= 15 is 0 Å². The maximum atomic E-state index is 6.64. The molecule has 1 fully saturated rings. The molecule has 0 radical (unpaired) electrons. The van der Waals surface area contributed by atoms with E-state index in [-0.39, 0.29) is 6.29 Å². The van der Waals surface area contributed by atoms with Gasteiger partial charge in [-0.05, 0) is 42.6 Å². The fourth-order valence-corrected chi connectivity index (χ4v) is 4.67. The van der Waals surface area contributed by atoms with Crippen molar-refractivity contribution in [1.29, 1.82) is 0 Å². The summed E-state index contributed by atoms with van der Waals surface area (Å²) in [5.41, 5.74) is 2.23. The molecule has 2 aliphatic rings. The second-order valence-corrected chi connectivity index (χ2v) is 8.98. The Hall–Kier alpha value is -1.35. The number of unbranched alkanes of at least 4 members (excludes halogenated alkanes) is 1.